The fourth-order valence-corrected chi connectivity index (χ4v) is 19.3. The van der Waals surface area contributed by atoms with Gasteiger partial charge in [-0.1, -0.05) is 76.9 Å². The fraction of sp³-hybridized carbons (Fsp3) is 0.394. The molecule has 12 N–H and O–H groups in total. The van der Waals surface area contributed by atoms with Gasteiger partial charge in [0.05, 0.1) is 109 Å². The van der Waals surface area contributed by atoms with Crippen molar-refractivity contribution in [3.8, 4) is 17.6 Å². The molecule has 6 aromatic carbocycles. The second-order valence-electron chi connectivity index (χ2n) is 35.1. The van der Waals surface area contributed by atoms with Crippen molar-refractivity contribution >= 4 is 85.5 Å². The fourth-order valence-electron chi connectivity index (χ4n) is 19.3. The lowest BCUT2D eigenvalue weighted by atomic mass is 9.90. The number of anilines is 3. The zero-order valence-electron chi connectivity index (χ0n) is 73.7. The number of pyridine rings is 3. The number of aromatic nitrogens is 9. The second kappa shape index (κ2) is 41.1. The number of rotatable bonds is 24. The summed E-state index contributed by atoms with van der Waals surface area (Å²) in [6, 6.07) is 28.3. The van der Waals surface area contributed by atoms with E-state index in [-0.39, 0.29) is 181 Å². The third-order valence-corrected chi connectivity index (χ3v) is 27.5. The van der Waals surface area contributed by atoms with Crippen LogP contribution in [0.1, 0.15) is 182 Å². The Kier molecular flexibility index (Phi) is 30.2. The summed E-state index contributed by atoms with van der Waals surface area (Å²) in [6.07, 6.45) is 10.0. The van der Waals surface area contributed by atoms with Crippen LogP contribution in [0.3, 0.4) is 0 Å². The van der Waals surface area contributed by atoms with Crippen LogP contribution < -0.4 is 62.7 Å². The Morgan fingerprint density at radius 2 is 0.616 bits per heavy atom. The highest BCUT2D eigenvalue weighted by Crippen LogP contribution is 2.68. The number of hydrogen-bond donors (Lipinski definition) is 3. The third kappa shape index (κ3) is 20.1. The quantitative estimate of drug-likeness (QED) is 0.0373. The first-order valence-electron chi connectivity index (χ1n) is 43.4. The largest absolute Gasteiger partial charge is 0.545 e. The number of carbonyl (C=O) groups is 3. The molecule has 3 spiro atoms. The predicted octanol–water partition coefficient (Wildman–Crippen LogP) is 17.8. The van der Waals surface area contributed by atoms with Gasteiger partial charge < -0.3 is 105 Å². The molecule has 3 unspecified atom stereocenters. The molecule has 9 aliphatic rings. The van der Waals surface area contributed by atoms with E-state index < -0.39 is 87.9 Å². The van der Waals surface area contributed by atoms with Crippen LogP contribution in [0.25, 0.3) is 47.6 Å². The number of benzene rings is 6. The molecule has 30 nitrogen and oxygen atoms in total. The molecular formula is C99H105F9N18O12. The van der Waals surface area contributed by atoms with Gasteiger partial charge in [-0.3, -0.25) is 0 Å². The highest BCUT2D eigenvalue weighted by molar-refractivity contribution is 5.93. The molecule has 0 amide bonds. The molecule has 0 radical (unpaired) electrons. The molecule has 6 aromatic heterocycles. The molecule has 9 fully saturated rings. The maximum absolute atomic E-state index is 14.9. The molecule has 726 valence electrons. The van der Waals surface area contributed by atoms with E-state index >= 15 is 0 Å². The van der Waals surface area contributed by atoms with E-state index in [1.165, 1.54) is 54.6 Å². The lowest BCUT2D eigenvalue weighted by Crippen LogP contribution is -2.36. The number of aromatic carboxylic acids is 3. The van der Waals surface area contributed by atoms with Gasteiger partial charge in [0, 0.05) is 112 Å². The van der Waals surface area contributed by atoms with Crippen molar-refractivity contribution in [2.24, 2.45) is 16.2 Å². The molecule has 6 atom stereocenters. The molecule has 0 bridgehead atoms. The second-order valence-corrected chi connectivity index (χ2v) is 35.1. The first-order chi connectivity index (χ1) is 63.7. The average molecular weight is 1910 g/mol. The van der Waals surface area contributed by atoms with Crippen LogP contribution in [0.2, 0.25) is 0 Å². The molecule has 12 heterocycles. The van der Waals surface area contributed by atoms with Gasteiger partial charge in [0.2, 0.25) is 0 Å². The summed E-state index contributed by atoms with van der Waals surface area (Å²) in [5.74, 6) is -9.30. The smallest absolute Gasteiger partial charge is 0.252 e. The molecule has 138 heavy (non-hydrogen) atoms. The van der Waals surface area contributed by atoms with E-state index in [1.807, 2.05) is 0 Å². The molecule has 12 aromatic rings. The molecule has 6 saturated heterocycles. The highest BCUT2D eigenvalue weighted by Gasteiger charge is 2.60. The molecule has 21 rings (SSSR count). The van der Waals surface area contributed by atoms with Gasteiger partial charge in [-0.05, 0) is 165 Å². The predicted molar refractivity (Wildman–Crippen MR) is 491 cm³/mol. The average Bonchev–Trinajstić information content (AvgIpc) is 1.56. The number of hydrogen-bond acceptors (Lipinski definition) is 21. The van der Waals surface area contributed by atoms with Gasteiger partial charge in [-0.25, -0.2) is 69.0 Å². The first kappa shape index (κ1) is 101. The molecule has 3 saturated carbocycles. The van der Waals surface area contributed by atoms with Crippen LogP contribution in [0.5, 0.6) is 17.6 Å². The van der Waals surface area contributed by atoms with Crippen molar-refractivity contribution < 1.29 is 97.6 Å². The Labute approximate surface area is 788 Å². The number of nitrogens with zero attached hydrogens (tertiary/aromatic N) is 15. The number of carboxylic acids is 3. The zero-order chi connectivity index (χ0) is 91.8. The summed E-state index contributed by atoms with van der Waals surface area (Å²) in [6.45, 7) is 26.7. The van der Waals surface area contributed by atoms with Gasteiger partial charge in [0.25, 0.3) is 17.6 Å². The molecule has 39 heteroatoms. The molecule has 6 aliphatic heterocycles. The monoisotopic (exact) mass is 1910 g/mol. The maximum Gasteiger partial charge on any atom is 0.252 e. The van der Waals surface area contributed by atoms with Crippen LogP contribution in [-0.4, -0.2) is 139 Å². The Morgan fingerprint density at radius 1 is 0.362 bits per heavy atom. The summed E-state index contributed by atoms with van der Waals surface area (Å²) in [5.41, 5.74) is 5.30. The van der Waals surface area contributed by atoms with Crippen molar-refractivity contribution in [2.75, 3.05) is 73.8 Å². The number of quaternary nitrogens is 3. The summed E-state index contributed by atoms with van der Waals surface area (Å²) < 4.78 is 171. The van der Waals surface area contributed by atoms with Gasteiger partial charge in [0.15, 0.2) is 69.4 Å². The third-order valence-electron chi connectivity index (χ3n) is 27.5. The van der Waals surface area contributed by atoms with E-state index in [0.717, 1.165) is 164 Å². The summed E-state index contributed by atoms with van der Waals surface area (Å²) >= 11 is 0. The van der Waals surface area contributed by atoms with Crippen LogP contribution >= 0.6 is 0 Å². The summed E-state index contributed by atoms with van der Waals surface area (Å²) in [5, 5.41) is 34.6. The number of imidazole rings is 3. The van der Waals surface area contributed by atoms with Gasteiger partial charge in [-0.15, -0.1) is 0 Å². The standard InChI is InChI=1S/3C32H28F3N5O4.3CH4.3H3N/c3*1-36-20-4-2-19(23(33)13-20)17-44-30-25(35)14-24(34)29(38-30)39-9-7-32(8-10-39)15-22(32)28-37-26-5-3-18(31(41)42)12-27(26)40(28)16-21-6-11-43-21;;;;;;/h3*2-5,12-14,21-22H,6-11,15-17H2,(H,41,42);3*1H4;3*1H3/t3*21-,22?;;;;;;/m000....../s1. The maximum atomic E-state index is 14.9. The van der Waals surface area contributed by atoms with Crippen LogP contribution in [-0.2, 0) is 53.7 Å². The van der Waals surface area contributed by atoms with Crippen molar-refractivity contribution in [1.82, 2.24) is 62.1 Å². The normalized spacial score (nSPS) is 19.5. The van der Waals surface area contributed by atoms with Gasteiger partial charge in [0.1, 0.15) is 54.7 Å². The number of carbonyl (C=O) groups excluding carboxylic acids is 3. The van der Waals surface area contributed by atoms with E-state index in [0.29, 0.717) is 78.7 Å². The minimum Gasteiger partial charge on any atom is -0.545 e. The van der Waals surface area contributed by atoms with E-state index in [9.17, 15) is 69.2 Å². The Hall–Kier alpha value is -14.0. The van der Waals surface area contributed by atoms with Crippen molar-refractivity contribution in [3.63, 3.8) is 0 Å². The van der Waals surface area contributed by atoms with E-state index in [1.54, 1.807) is 51.1 Å². The van der Waals surface area contributed by atoms with Crippen molar-refractivity contribution in [2.45, 2.75) is 175 Å². The van der Waals surface area contributed by atoms with Gasteiger partial charge in [-0.2, -0.15) is 15.0 Å². The molecule has 3 aliphatic carbocycles. The zero-order valence-corrected chi connectivity index (χ0v) is 73.7. The van der Waals surface area contributed by atoms with Crippen LogP contribution in [0, 0.1) is 88.3 Å². The minimum absolute atomic E-state index is 0. The Bertz CT molecular complexity index is 6120. The first-order valence-corrected chi connectivity index (χ1v) is 43.4. The highest BCUT2D eigenvalue weighted by atomic mass is 19.2. The summed E-state index contributed by atoms with van der Waals surface area (Å²) in [4.78, 5) is 76.6. The summed E-state index contributed by atoms with van der Waals surface area (Å²) in [7, 11) is 0. The van der Waals surface area contributed by atoms with Gasteiger partial charge >= 0.3 is 0 Å². The van der Waals surface area contributed by atoms with E-state index in [2.05, 4.69) is 43.2 Å². The Balaban J connectivity index is 0.000000171. The lowest BCUT2D eigenvalue weighted by molar-refractivity contribution is -0.256. The lowest BCUT2D eigenvalue weighted by Gasteiger charge is -2.34. The van der Waals surface area contributed by atoms with Crippen LogP contribution in [0.4, 0.5) is 74.0 Å². The van der Waals surface area contributed by atoms with Crippen LogP contribution in [0.15, 0.2) is 127 Å². The Morgan fingerprint density at radius 3 is 0.833 bits per heavy atom. The number of piperidine rings is 3. The van der Waals surface area contributed by atoms with Crippen molar-refractivity contribution in [1.29, 1.82) is 0 Å². The number of fused-ring (bicyclic) bond motifs is 3. The SMILES string of the molecule is C.C.C.[C-]#[N+]c1ccc(COc2nc(N3CCC4(CC3)CC4c3nc4ccc(C(=O)[O-])cc4n3C[C@@H]3CCO3)c(F)cc2F)c(F)c1.[C-]#[N+]c1ccc(COc2nc(N3CCC4(CC3)CC4c3nc4ccc(C(=O)[O-])cc4n3C[C@@H]3CCO3)c(F)cc2F)c(F)c1.[C-]#[N+]c1ccc(COc2nc(N3CCC4(CC3)CC4c3nc4ccc(C(=O)[O-])cc4n3C[C@@H]3CCO3)c(F)cc2F)c(F)c1.[NH4+].[NH4+].[NH4+]. The molecular weight excluding hydrogens is 1800 g/mol. The number of halogens is 9. The number of ether oxygens (including phenoxy) is 6. The topological polar surface area (TPSA) is 400 Å². The van der Waals surface area contributed by atoms with E-state index in [4.69, 9.17) is 63.1 Å². The minimum atomic E-state index is -1.24. The number of carboxylic acid groups (broad SMARTS) is 3. The van der Waals surface area contributed by atoms with Crippen molar-refractivity contribution in [3.05, 3.63) is 265 Å².